The molecule has 1 saturated carbocycles. The molecule has 1 aliphatic heterocycles. The number of hydrogen-bond donors (Lipinski definition) is 2. The highest BCUT2D eigenvalue weighted by molar-refractivity contribution is 4.85. The summed E-state index contributed by atoms with van der Waals surface area (Å²) in [6.07, 6.45) is 12.4. The van der Waals surface area contributed by atoms with E-state index in [9.17, 15) is 0 Å². The van der Waals surface area contributed by atoms with Crippen molar-refractivity contribution < 1.29 is 4.74 Å². The van der Waals surface area contributed by atoms with Gasteiger partial charge < -0.3 is 15.8 Å². The number of nitrogens with one attached hydrogen (secondary N) is 1. The van der Waals surface area contributed by atoms with E-state index >= 15 is 0 Å². The molecule has 0 aromatic heterocycles. The zero-order valence-corrected chi connectivity index (χ0v) is 11.8. The summed E-state index contributed by atoms with van der Waals surface area (Å²) in [5.41, 5.74) is 6.42. The lowest BCUT2D eigenvalue weighted by molar-refractivity contribution is 0.0151. The Morgan fingerprint density at radius 2 is 1.83 bits per heavy atom. The van der Waals surface area contributed by atoms with Crippen LogP contribution in [0, 0.1) is 5.41 Å². The van der Waals surface area contributed by atoms with Crippen LogP contribution in [0.4, 0.5) is 0 Å². The number of hydrogen-bond acceptors (Lipinski definition) is 3. The van der Waals surface area contributed by atoms with E-state index in [-0.39, 0.29) is 0 Å². The molecule has 0 aromatic rings. The van der Waals surface area contributed by atoms with Gasteiger partial charge in [-0.2, -0.15) is 0 Å². The number of rotatable bonds is 5. The van der Waals surface area contributed by atoms with Crippen molar-refractivity contribution in [2.24, 2.45) is 11.1 Å². The first-order valence-electron chi connectivity index (χ1n) is 7.87. The number of ether oxygens (including phenoxy) is 1. The summed E-state index contributed by atoms with van der Waals surface area (Å²) < 4.78 is 5.76. The van der Waals surface area contributed by atoms with Gasteiger partial charge in [0.15, 0.2) is 0 Å². The van der Waals surface area contributed by atoms with E-state index in [1.165, 1.54) is 57.8 Å². The Labute approximate surface area is 112 Å². The van der Waals surface area contributed by atoms with E-state index in [0.29, 0.717) is 11.5 Å². The van der Waals surface area contributed by atoms with Gasteiger partial charge in [-0.1, -0.05) is 25.7 Å². The average molecular weight is 254 g/mol. The summed E-state index contributed by atoms with van der Waals surface area (Å²) in [4.78, 5) is 0. The second-order valence-corrected chi connectivity index (χ2v) is 6.24. The molecule has 1 aliphatic carbocycles. The SMILES string of the molecule is NCC1(CNCC2CCCCO2)CCCCCC1. The van der Waals surface area contributed by atoms with Crippen LogP contribution in [-0.4, -0.2) is 32.3 Å². The van der Waals surface area contributed by atoms with E-state index in [0.717, 1.165) is 26.2 Å². The van der Waals surface area contributed by atoms with Crippen LogP contribution in [0.15, 0.2) is 0 Å². The molecule has 0 aromatic carbocycles. The fraction of sp³-hybridized carbons (Fsp3) is 1.00. The van der Waals surface area contributed by atoms with Crippen molar-refractivity contribution in [1.29, 1.82) is 0 Å². The van der Waals surface area contributed by atoms with Gasteiger partial charge in [-0.3, -0.25) is 0 Å². The normalized spacial score (nSPS) is 28.8. The first-order valence-corrected chi connectivity index (χ1v) is 7.87. The summed E-state index contributed by atoms with van der Waals surface area (Å²) in [6, 6.07) is 0. The third-order valence-corrected chi connectivity index (χ3v) is 4.74. The lowest BCUT2D eigenvalue weighted by Gasteiger charge is -2.33. The molecule has 106 valence electrons. The van der Waals surface area contributed by atoms with Crippen LogP contribution in [0.5, 0.6) is 0 Å². The van der Waals surface area contributed by atoms with Gasteiger partial charge in [-0.25, -0.2) is 0 Å². The third-order valence-electron chi connectivity index (χ3n) is 4.74. The van der Waals surface area contributed by atoms with Crippen molar-refractivity contribution in [1.82, 2.24) is 5.32 Å². The summed E-state index contributed by atoms with van der Waals surface area (Å²) in [7, 11) is 0. The molecule has 2 rings (SSSR count). The average Bonchev–Trinajstić information content (AvgIpc) is 2.66. The predicted octanol–water partition coefficient (Wildman–Crippen LogP) is 2.44. The molecule has 1 unspecified atom stereocenters. The van der Waals surface area contributed by atoms with E-state index in [4.69, 9.17) is 10.5 Å². The summed E-state index contributed by atoms with van der Waals surface area (Å²) in [5.74, 6) is 0. The Bertz CT molecular complexity index is 219. The minimum Gasteiger partial charge on any atom is -0.377 e. The quantitative estimate of drug-likeness (QED) is 0.741. The molecule has 1 saturated heterocycles. The van der Waals surface area contributed by atoms with Gasteiger partial charge in [0.2, 0.25) is 0 Å². The van der Waals surface area contributed by atoms with Crippen molar-refractivity contribution >= 4 is 0 Å². The third kappa shape index (κ3) is 4.22. The molecule has 0 radical (unpaired) electrons. The van der Waals surface area contributed by atoms with Gasteiger partial charge in [-0.05, 0) is 44.1 Å². The van der Waals surface area contributed by atoms with Crippen molar-refractivity contribution in [2.75, 3.05) is 26.2 Å². The molecule has 0 bridgehead atoms. The fourth-order valence-corrected chi connectivity index (χ4v) is 3.40. The molecule has 1 heterocycles. The Morgan fingerprint density at radius 3 is 2.44 bits per heavy atom. The van der Waals surface area contributed by atoms with Crippen molar-refractivity contribution in [3.63, 3.8) is 0 Å². The topological polar surface area (TPSA) is 47.3 Å². The molecule has 0 spiro atoms. The van der Waals surface area contributed by atoms with Crippen LogP contribution in [0.2, 0.25) is 0 Å². The Morgan fingerprint density at radius 1 is 1.06 bits per heavy atom. The first kappa shape index (κ1) is 14.3. The predicted molar refractivity (Wildman–Crippen MR) is 75.7 cm³/mol. The van der Waals surface area contributed by atoms with E-state index < -0.39 is 0 Å². The summed E-state index contributed by atoms with van der Waals surface area (Å²) in [6.45, 7) is 3.89. The van der Waals surface area contributed by atoms with Crippen LogP contribution >= 0.6 is 0 Å². The van der Waals surface area contributed by atoms with E-state index in [1.54, 1.807) is 0 Å². The lowest BCUT2D eigenvalue weighted by atomic mass is 9.80. The van der Waals surface area contributed by atoms with Crippen molar-refractivity contribution in [3.8, 4) is 0 Å². The smallest absolute Gasteiger partial charge is 0.0699 e. The van der Waals surface area contributed by atoms with Gasteiger partial charge >= 0.3 is 0 Å². The molecule has 2 fully saturated rings. The number of nitrogens with two attached hydrogens (primary N) is 1. The second kappa shape index (κ2) is 7.46. The highest BCUT2D eigenvalue weighted by Crippen LogP contribution is 2.33. The Hall–Kier alpha value is -0.120. The maximum Gasteiger partial charge on any atom is 0.0699 e. The summed E-state index contributed by atoms with van der Waals surface area (Å²) >= 11 is 0. The molecule has 2 aliphatic rings. The van der Waals surface area contributed by atoms with Crippen LogP contribution in [-0.2, 0) is 4.74 Å². The minimum absolute atomic E-state index is 0.366. The molecule has 3 heteroatoms. The van der Waals surface area contributed by atoms with Gasteiger partial charge in [0.25, 0.3) is 0 Å². The largest absolute Gasteiger partial charge is 0.377 e. The van der Waals surface area contributed by atoms with E-state index in [2.05, 4.69) is 5.32 Å². The van der Waals surface area contributed by atoms with Crippen molar-refractivity contribution in [3.05, 3.63) is 0 Å². The highest BCUT2D eigenvalue weighted by Gasteiger charge is 2.29. The van der Waals surface area contributed by atoms with Gasteiger partial charge in [-0.15, -0.1) is 0 Å². The van der Waals surface area contributed by atoms with Crippen LogP contribution in [0.25, 0.3) is 0 Å². The van der Waals surface area contributed by atoms with Crippen LogP contribution < -0.4 is 11.1 Å². The first-order chi connectivity index (χ1) is 8.85. The highest BCUT2D eigenvalue weighted by atomic mass is 16.5. The molecule has 0 amide bonds. The summed E-state index contributed by atoms with van der Waals surface area (Å²) in [5, 5.41) is 3.64. The van der Waals surface area contributed by atoms with Gasteiger partial charge in [0.05, 0.1) is 6.10 Å². The molecular formula is C15H30N2O. The Balaban J connectivity index is 1.71. The van der Waals surface area contributed by atoms with Crippen molar-refractivity contribution in [2.45, 2.75) is 63.9 Å². The Kier molecular flexibility index (Phi) is 5.93. The van der Waals surface area contributed by atoms with E-state index in [1.807, 2.05) is 0 Å². The maximum atomic E-state index is 6.06. The maximum absolute atomic E-state index is 6.06. The fourth-order valence-electron chi connectivity index (χ4n) is 3.40. The van der Waals surface area contributed by atoms with Crippen LogP contribution in [0.3, 0.4) is 0 Å². The second-order valence-electron chi connectivity index (χ2n) is 6.24. The lowest BCUT2D eigenvalue weighted by Crippen LogP contribution is -2.43. The van der Waals surface area contributed by atoms with Gasteiger partial charge in [0, 0.05) is 19.7 Å². The zero-order valence-electron chi connectivity index (χ0n) is 11.8. The standard InChI is InChI=1S/C15H30N2O/c16-12-15(8-4-1-2-5-9-15)13-17-11-14-7-3-6-10-18-14/h14,17H,1-13,16H2. The molecule has 1 atom stereocenters. The van der Waals surface area contributed by atoms with Gasteiger partial charge in [0.1, 0.15) is 0 Å². The van der Waals surface area contributed by atoms with Crippen LogP contribution in [0.1, 0.15) is 57.8 Å². The monoisotopic (exact) mass is 254 g/mol. The zero-order chi connectivity index (χ0) is 12.7. The molecule has 3 nitrogen and oxygen atoms in total. The molecule has 18 heavy (non-hydrogen) atoms. The minimum atomic E-state index is 0.366. The molecule has 3 N–H and O–H groups in total. The molecular weight excluding hydrogens is 224 g/mol.